The van der Waals surface area contributed by atoms with Crippen molar-refractivity contribution in [1.29, 1.82) is 0 Å². The Bertz CT molecular complexity index is 450. The normalized spacial score (nSPS) is 12.5. The van der Waals surface area contributed by atoms with Crippen LogP contribution in [0.2, 0.25) is 0 Å². The van der Waals surface area contributed by atoms with Gasteiger partial charge in [0.25, 0.3) is 0 Å². The third kappa shape index (κ3) is 6.40. The maximum absolute atomic E-state index is 12.1. The van der Waals surface area contributed by atoms with E-state index in [4.69, 9.17) is 5.11 Å². The monoisotopic (exact) mass is 310 g/mol. The fraction of sp³-hybridized carbons (Fsp3) is 0.562. The highest BCUT2D eigenvalue weighted by atomic mass is 32.2. The van der Waals surface area contributed by atoms with Gasteiger partial charge in [-0.05, 0) is 24.5 Å². The lowest BCUT2D eigenvalue weighted by atomic mass is 10.0. The quantitative estimate of drug-likeness (QED) is 0.673. The van der Waals surface area contributed by atoms with Gasteiger partial charge in [-0.1, -0.05) is 39.8 Å². The number of thioether (sulfide) groups is 1. The molecule has 1 rings (SSSR count). The highest BCUT2D eigenvalue weighted by molar-refractivity contribution is 8.00. The van der Waals surface area contributed by atoms with Crippen LogP contribution in [0.1, 0.15) is 34.1 Å². The van der Waals surface area contributed by atoms with Crippen molar-refractivity contribution in [3.8, 4) is 0 Å². The van der Waals surface area contributed by atoms with Crippen LogP contribution in [0.25, 0.3) is 0 Å². The zero-order valence-corrected chi connectivity index (χ0v) is 14.0. The highest BCUT2D eigenvalue weighted by Crippen LogP contribution is 2.30. The molecular weight excluding hydrogens is 284 g/mol. The molecule has 0 fully saturated rings. The molecule has 1 atom stereocenters. The molecule has 5 heteroatoms. The largest absolute Gasteiger partial charge is 0.396 e. The van der Waals surface area contributed by atoms with Crippen LogP contribution in [0.4, 0.5) is 10.5 Å². The molecule has 0 heterocycles. The Balaban J connectivity index is 2.70. The summed E-state index contributed by atoms with van der Waals surface area (Å²) in [5.74, 6) is 0.281. The van der Waals surface area contributed by atoms with E-state index < -0.39 is 0 Å². The van der Waals surface area contributed by atoms with Gasteiger partial charge in [0.1, 0.15) is 0 Å². The number of urea groups is 1. The number of anilines is 1. The maximum atomic E-state index is 12.1. The van der Waals surface area contributed by atoms with Crippen LogP contribution >= 0.6 is 11.8 Å². The molecule has 0 aliphatic carbocycles. The zero-order valence-electron chi connectivity index (χ0n) is 13.2. The maximum Gasteiger partial charge on any atom is 0.319 e. The predicted molar refractivity (Wildman–Crippen MR) is 89.9 cm³/mol. The summed E-state index contributed by atoms with van der Waals surface area (Å²) in [6.45, 7) is 8.38. The molecule has 4 nitrogen and oxygen atoms in total. The lowest BCUT2D eigenvalue weighted by molar-refractivity contribution is 0.227. The minimum atomic E-state index is -0.223. The van der Waals surface area contributed by atoms with Crippen LogP contribution in [0.15, 0.2) is 29.2 Å². The van der Waals surface area contributed by atoms with Crippen molar-refractivity contribution >= 4 is 23.5 Å². The first kappa shape index (κ1) is 17.9. The zero-order chi connectivity index (χ0) is 15.8. The summed E-state index contributed by atoms with van der Waals surface area (Å²) in [5.41, 5.74) is 0.820. The fourth-order valence-corrected chi connectivity index (χ4v) is 2.88. The SMILES string of the molecule is CC(C)Sc1ccccc1NC(=O)NC(CCO)C(C)C. The number of aliphatic hydroxyl groups excluding tert-OH is 1. The van der Waals surface area contributed by atoms with Gasteiger partial charge in [-0.25, -0.2) is 4.79 Å². The van der Waals surface area contributed by atoms with E-state index in [2.05, 4.69) is 24.5 Å². The molecule has 1 unspecified atom stereocenters. The first-order valence-electron chi connectivity index (χ1n) is 7.38. The minimum Gasteiger partial charge on any atom is -0.396 e. The molecular formula is C16H26N2O2S. The van der Waals surface area contributed by atoms with E-state index in [1.165, 1.54) is 0 Å². The number of rotatable bonds is 7. The standard InChI is InChI=1S/C16H26N2O2S/c1-11(2)13(9-10-19)17-16(20)18-14-7-5-6-8-15(14)21-12(3)4/h5-8,11-13,19H,9-10H2,1-4H3,(H2,17,18,20). The smallest absolute Gasteiger partial charge is 0.319 e. The van der Waals surface area contributed by atoms with Crippen LogP contribution in [0.5, 0.6) is 0 Å². The predicted octanol–water partition coefficient (Wildman–Crippen LogP) is 3.72. The lowest BCUT2D eigenvalue weighted by Crippen LogP contribution is -2.41. The molecule has 0 spiro atoms. The number of aliphatic hydroxyl groups is 1. The molecule has 0 saturated carbocycles. The Morgan fingerprint density at radius 1 is 1.24 bits per heavy atom. The van der Waals surface area contributed by atoms with E-state index in [0.717, 1.165) is 10.6 Å². The lowest BCUT2D eigenvalue weighted by Gasteiger charge is -2.22. The van der Waals surface area contributed by atoms with Crippen LogP contribution < -0.4 is 10.6 Å². The van der Waals surface area contributed by atoms with Crippen molar-refractivity contribution in [1.82, 2.24) is 5.32 Å². The summed E-state index contributed by atoms with van der Waals surface area (Å²) >= 11 is 1.72. The Kier molecular flexibility index (Phi) is 7.61. The van der Waals surface area contributed by atoms with Crippen molar-refractivity contribution in [2.24, 2.45) is 5.92 Å². The highest BCUT2D eigenvalue weighted by Gasteiger charge is 2.16. The summed E-state index contributed by atoms with van der Waals surface area (Å²) in [6, 6.07) is 7.54. The number of hydrogen-bond donors (Lipinski definition) is 3. The summed E-state index contributed by atoms with van der Waals surface area (Å²) in [7, 11) is 0. The van der Waals surface area contributed by atoms with E-state index in [0.29, 0.717) is 11.7 Å². The van der Waals surface area contributed by atoms with Crippen molar-refractivity contribution in [3.05, 3.63) is 24.3 Å². The molecule has 0 radical (unpaired) electrons. The first-order valence-corrected chi connectivity index (χ1v) is 8.26. The number of benzene rings is 1. The molecule has 118 valence electrons. The van der Waals surface area contributed by atoms with Crippen molar-refractivity contribution in [2.75, 3.05) is 11.9 Å². The molecule has 3 N–H and O–H groups in total. The van der Waals surface area contributed by atoms with Gasteiger partial charge in [0.05, 0.1) is 5.69 Å². The van der Waals surface area contributed by atoms with E-state index in [1.807, 2.05) is 38.1 Å². The van der Waals surface area contributed by atoms with Crippen LogP contribution in [0, 0.1) is 5.92 Å². The van der Waals surface area contributed by atoms with Gasteiger partial charge >= 0.3 is 6.03 Å². The second kappa shape index (κ2) is 8.95. The van der Waals surface area contributed by atoms with Gasteiger partial charge in [0.15, 0.2) is 0 Å². The Morgan fingerprint density at radius 2 is 1.90 bits per heavy atom. The molecule has 1 aromatic carbocycles. The number of amides is 2. The average Bonchev–Trinajstić information content (AvgIpc) is 2.39. The van der Waals surface area contributed by atoms with E-state index in [9.17, 15) is 4.79 Å². The number of para-hydroxylation sites is 1. The third-order valence-electron chi connectivity index (χ3n) is 3.06. The third-order valence-corrected chi connectivity index (χ3v) is 4.14. The summed E-state index contributed by atoms with van der Waals surface area (Å²) < 4.78 is 0. The average molecular weight is 310 g/mol. The van der Waals surface area contributed by atoms with Gasteiger partial charge in [-0.15, -0.1) is 11.8 Å². The van der Waals surface area contributed by atoms with Gasteiger partial charge in [-0.3, -0.25) is 0 Å². The van der Waals surface area contributed by atoms with Gasteiger partial charge < -0.3 is 15.7 Å². The molecule has 0 bridgehead atoms. The van der Waals surface area contributed by atoms with Gasteiger partial charge in [0, 0.05) is 22.8 Å². The van der Waals surface area contributed by atoms with E-state index in [-0.39, 0.29) is 24.6 Å². The Morgan fingerprint density at radius 3 is 2.48 bits per heavy atom. The van der Waals surface area contributed by atoms with E-state index in [1.54, 1.807) is 11.8 Å². The topological polar surface area (TPSA) is 61.4 Å². The molecule has 21 heavy (non-hydrogen) atoms. The molecule has 2 amide bonds. The minimum absolute atomic E-state index is 0.0279. The van der Waals surface area contributed by atoms with Crippen molar-refractivity contribution in [2.45, 2.75) is 50.3 Å². The Hall–Kier alpha value is -1.20. The van der Waals surface area contributed by atoms with Crippen molar-refractivity contribution < 1.29 is 9.90 Å². The van der Waals surface area contributed by atoms with Gasteiger partial charge in [-0.2, -0.15) is 0 Å². The molecule has 0 aromatic heterocycles. The van der Waals surface area contributed by atoms with Gasteiger partial charge in [0.2, 0.25) is 0 Å². The summed E-state index contributed by atoms with van der Waals surface area (Å²) in [5, 5.41) is 15.3. The number of nitrogens with one attached hydrogen (secondary N) is 2. The Labute approximate surface area is 131 Å². The van der Waals surface area contributed by atoms with Crippen LogP contribution in [-0.2, 0) is 0 Å². The van der Waals surface area contributed by atoms with E-state index >= 15 is 0 Å². The fourth-order valence-electron chi connectivity index (χ4n) is 1.96. The molecule has 0 aliphatic rings. The second-order valence-electron chi connectivity index (χ2n) is 5.62. The summed E-state index contributed by atoms with van der Waals surface area (Å²) in [4.78, 5) is 13.2. The molecule has 0 aliphatic heterocycles. The summed E-state index contributed by atoms with van der Waals surface area (Å²) in [6.07, 6.45) is 0.563. The second-order valence-corrected chi connectivity index (χ2v) is 7.24. The molecule has 0 saturated heterocycles. The first-order chi connectivity index (χ1) is 9.93. The van der Waals surface area contributed by atoms with Crippen molar-refractivity contribution in [3.63, 3.8) is 0 Å². The number of carbonyl (C=O) groups is 1. The van der Waals surface area contributed by atoms with Crippen LogP contribution in [0.3, 0.4) is 0 Å². The molecule has 1 aromatic rings. The number of carbonyl (C=O) groups excluding carboxylic acids is 1. The van der Waals surface area contributed by atoms with Crippen LogP contribution in [-0.4, -0.2) is 29.0 Å². The number of hydrogen-bond acceptors (Lipinski definition) is 3.